The van der Waals surface area contributed by atoms with E-state index in [4.69, 9.17) is 4.74 Å². The third-order valence-corrected chi connectivity index (χ3v) is 5.44. The fourth-order valence-electron chi connectivity index (χ4n) is 3.42. The van der Waals surface area contributed by atoms with Gasteiger partial charge in [0, 0.05) is 30.9 Å². The van der Waals surface area contributed by atoms with Crippen LogP contribution >= 0.6 is 11.8 Å². The fraction of sp³-hybridized carbons (Fsp3) is 0.562. The highest BCUT2D eigenvalue weighted by Gasteiger charge is 2.42. The molecule has 6 heteroatoms. The van der Waals surface area contributed by atoms with Crippen molar-refractivity contribution < 1.29 is 19.7 Å². The number of rotatable bonds is 3. The summed E-state index contributed by atoms with van der Waals surface area (Å²) >= 11 is 1.13. The molecule has 22 heavy (non-hydrogen) atoms. The van der Waals surface area contributed by atoms with Gasteiger partial charge in [0.25, 0.3) is 5.91 Å². The second kappa shape index (κ2) is 6.20. The SMILES string of the molecule is COCC1Cc2ccccc2C(=O)N1C1CCSC(O)(O)C1. The summed E-state index contributed by atoms with van der Waals surface area (Å²) in [5.41, 5.74) is 1.75. The molecular weight excluding hydrogens is 302 g/mol. The Balaban J connectivity index is 1.91. The molecule has 2 N–H and O–H groups in total. The second-order valence-electron chi connectivity index (χ2n) is 5.92. The van der Waals surface area contributed by atoms with Gasteiger partial charge in [0.1, 0.15) is 0 Å². The van der Waals surface area contributed by atoms with Gasteiger partial charge in [-0.15, -0.1) is 0 Å². The molecule has 0 aromatic heterocycles. The normalized spacial score (nSPS) is 27.6. The van der Waals surface area contributed by atoms with Crippen LogP contribution in [0.3, 0.4) is 0 Å². The van der Waals surface area contributed by atoms with Gasteiger partial charge in [-0.3, -0.25) is 4.79 Å². The molecule has 1 saturated heterocycles. The Labute approximate surface area is 134 Å². The summed E-state index contributed by atoms with van der Waals surface area (Å²) in [6.45, 7) is 0.452. The number of ether oxygens (including phenoxy) is 1. The smallest absolute Gasteiger partial charge is 0.254 e. The largest absolute Gasteiger partial charge is 0.383 e. The number of thioether (sulfide) groups is 1. The predicted octanol–water partition coefficient (Wildman–Crippen LogP) is 1.23. The lowest BCUT2D eigenvalue weighted by Gasteiger charge is -2.45. The summed E-state index contributed by atoms with van der Waals surface area (Å²) < 4.78 is 5.29. The van der Waals surface area contributed by atoms with E-state index in [1.54, 1.807) is 7.11 Å². The Bertz CT molecular complexity index is 563. The molecule has 0 saturated carbocycles. The second-order valence-corrected chi connectivity index (χ2v) is 7.27. The molecule has 2 atom stereocenters. The number of hydrogen-bond acceptors (Lipinski definition) is 5. The van der Waals surface area contributed by atoms with E-state index >= 15 is 0 Å². The zero-order valence-electron chi connectivity index (χ0n) is 12.6. The van der Waals surface area contributed by atoms with Crippen molar-refractivity contribution in [1.29, 1.82) is 0 Å². The van der Waals surface area contributed by atoms with Crippen LogP contribution in [0.4, 0.5) is 0 Å². The van der Waals surface area contributed by atoms with E-state index in [9.17, 15) is 15.0 Å². The minimum atomic E-state index is -1.75. The molecular formula is C16H21NO4S. The van der Waals surface area contributed by atoms with Gasteiger partial charge in [0.15, 0.2) is 0 Å². The topological polar surface area (TPSA) is 70.0 Å². The first-order valence-corrected chi connectivity index (χ1v) is 8.48. The summed E-state index contributed by atoms with van der Waals surface area (Å²) in [6.07, 6.45) is 1.68. The summed E-state index contributed by atoms with van der Waals surface area (Å²) in [5.74, 6) is 0.597. The van der Waals surface area contributed by atoms with Crippen molar-refractivity contribution in [2.75, 3.05) is 19.5 Å². The molecule has 5 nitrogen and oxygen atoms in total. The van der Waals surface area contributed by atoms with Crippen molar-refractivity contribution in [3.8, 4) is 0 Å². The highest BCUT2D eigenvalue weighted by molar-refractivity contribution is 8.00. The maximum atomic E-state index is 12.9. The monoisotopic (exact) mass is 323 g/mol. The van der Waals surface area contributed by atoms with Crippen molar-refractivity contribution in [3.05, 3.63) is 35.4 Å². The summed E-state index contributed by atoms with van der Waals surface area (Å²) in [7, 11) is 1.63. The molecule has 1 aromatic carbocycles. The fourth-order valence-corrected chi connectivity index (χ4v) is 4.45. The third-order valence-electron chi connectivity index (χ3n) is 4.37. The maximum absolute atomic E-state index is 12.9. The van der Waals surface area contributed by atoms with Crippen LogP contribution in [0.25, 0.3) is 0 Å². The van der Waals surface area contributed by atoms with E-state index in [1.807, 2.05) is 29.2 Å². The lowest BCUT2D eigenvalue weighted by atomic mass is 9.91. The van der Waals surface area contributed by atoms with Crippen LogP contribution < -0.4 is 0 Å². The Kier molecular flexibility index (Phi) is 4.45. The van der Waals surface area contributed by atoms with Crippen LogP contribution in [0, 0.1) is 0 Å². The Hall–Kier alpha value is -1.08. The molecule has 0 aliphatic carbocycles. The van der Waals surface area contributed by atoms with E-state index in [0.29, 0.717) is 12.4 Å². The molecule has 2 unspecified atom stereocenters. The molecule has 3 rings (SSSR count). The molecule has 2 heterocycles. The lowest BCUT2D eigenvalue weighted by molar-refractivity contribution is -0.101. The van der Waals surface area contributed by atoms with E-state index in [-0.39, 0.29) is 24.4 Å². The van der Waals surface area contributed by atoms with Crippen LogP contribution in [-0.4, -0.2) is 57.7 Å². The number of carbonyl (C=O) groups is 1. The van der Waals surface area contributed by atoms with Gasteiger partial charge in [-0.25, -0.2) is 0 Å². The molecule has 1 fully saturated rings. The number of benzene rings is 1. The zero-order chi connectivity index (χ0) is 15.7. The van der Waals surface area contributed by atoms with Gasteiger partial charge in [-0.05, 0) is 24.5 Å². The van der Waals surface area contributed by atoms with Crippen LogP contribution in [0.2, 0.25) is 0 Å². The zero-order valence-corrected chi connectivity index (χ0v) is 13.4. The van der Waals surface area contributed by atoms with Crippen LogP contribution in [-0.2, 0) is 11.2 Å². The lowest BCUT2D eigenvalue weighted by Crippen LogP contribution is -2.56. The number of nitrogens with zero attached hydrogens (tertiary/aromatic N) is 1. The van der Waals surface area contributed by atoms with Crippen molar-refractivity contribution in [3.63, 3.8) is 0 Å². The number of carbonyl (C=O) groups excluding carboxylic acids is 1. The summed E-state index contributed by atoms with van der Waals surface area (Å²) in [6, 6.07) is 7.40. The van der Waals surface area contributed by atoms with Crippen LogP contribution in [0.15, 0.2) is 24.3 Å². The van der Waals surface area contributed by atoms with Gasteiger partial charge in [0.05, 0.1) is 12.6 Å². The van der Waals surface area contributed by atoms with Crippen molar-refractivity contribution in [1.82, 2.24) is 4.90 Å². The Morgan fingerprint density at radius 1 is 1.41 bits per heavy atom. The van der Waals surface area contributed by atoms with Gasteiger partial charge in [0.2, 0.25) is 5.12 Å². The van der Waals surface area contributed by atoms with Gasteiger partial charge in [-0.2, -0.15) is 0 Å². The standard InChI is InChI=1S/C16H21NO4S/c1-21-10-13-8-11-4-2-3-5-14(11)15(18)17(13)12-6-7-22-16(19,20)9-12/h2-5,12-13,19-20H,6-10H2,1H3. The highest BCUT2D eigenvalue weighted by atomic mass is 32.2. The van der Waals surface area contributed by atoms with E-state index in [1.165, 1.54) is 0 Å². The van der Waals surface area contributed by atoms with Crippen molar-refractivity contribution >= 4 is 17.7 Å². The van der Waals surface area contributed by atoms with Gasteiger partial charge in [-0.1, -0.05) is 30.0 Å². The van der Waals surface area contributed by atoms with Crippen molar-refractivity contribution in [2.45, 2.75) is 36.5 Å². The summed E-state index contributed by atoms with van der Waals surface area (Å²) in [4.78, 5) is 14.7. The van der Waals surface area contributed by atoms with E-state index < -0.39 is 5.12 Å². The van der Waals surface area contributed by atoms with E-state index in [0.717, 1.165) is 35.7 Å². The number of aliphatic hydroxyl groups is 2. The van der Waals surface area contributed by atoms with Gasteiger partial charge < -0.3 is 19.8 Å². The third kappa shape index (κ3) is 3.01. The first kappa shape index (κ1) is 15.8. The minimum absolute atomic E-state index is 0.0309. The Morgan fingerprint density at radius 2 is 2.18 bits per heavy atom. The number of amides is 1. The molecule has 1 aromatic rings. The average Bonchev–Trinajstić information content (AvgIpc) is 2.47. The highest BCUT2D eigenvalue weighted by Crippen LogP contribution is 2.37. The quantitative estimate of drug-likeness (QED) is 0.819. The molecule has 0 bridgehead atoms. The van der Waals surface area contributed by atoms with Crippen LogP contribution in [0.5, 0.6) is 0 Å². The first-order valence-electron chi connectivity index (χ1n) is 7.50. The first-order chi connectivity index (χ1) is 10.5. The number of fused-ring (bicyclic) bond motifs is 1. The van der Waals surface area contributed by atoms with Crippen LogP contribution in [0.1, 0.15) is 28.8 Å². The van der Waals surface area contributed by atoms with E-state index in [2.05, 4.69) is 0 Å². The van der Waals surface area contributed by atoms with Crippen molar-refractivity contribution in [2.24, 2.45) is 0 Å². The average molecular weight is 323 g/mol. The molecule has 0 radical (unpaired) electrons. The molecule has 1 amide bonds. The molecule has 0 spiro atoms. The molecule has 120 valence electrons. The number of hydrogen-bond donors (Lipinski definition) is 2. The molecule has 2 aliphatic rings. The minimum Gasteiger partial charge on any atom is -0.383 e. The van der Waals surface area contributed by atoms with Gasteiger partial charge >= 0.3 is 0 Å². The number of methoxy groups -OCH3 is 1. The Morgan fingerprint density at radius 3 is 2.91 bits per heavy atom. The summed E-state index contributed by atoms with van der Waals surface area (Å²) in [5, 5.41) is 18.1. The predicted molar refractivity (Wildman–Crippen MR) is 84.6 cm³/mol. The maximum Gasteiger partial charge on any atom is 0.254 e. The molecule has 2 aliphatic heterocycles.